The second-order valence-corrected chi connectivity index (χ2v) is 2.29. The molecule has 0 amide bonds. The van der Waals surface area contributed by atoms with E-state index < -0.39 is 0 Å². The maximum Gasteiger partial charge on any atom is 0.0442 e. The first kappa shape index (κ1) is 13.1. The molecule has 0 atom stereocenters. The molecule has 2 N–H and O–H groups in total. The molecule has 0 aromatic rings. The van der Waals surface area contributed by atoms with Crippen molar-refractivity contribution < 1.29 is 10.2 Å². The molecule has 0 aliphatic heterocycles. The molecule has 0 aliphatic carbocycles. The number of halogens is 2. The van der Waals surface area contributed by atoms with E-state index in [1.807, 2.05) is 0 Å². The average Bonchev–Trinajstić information content (AvgIpc) is 1.93. The molecule has 10 heavy (non-hydrogen) atoms. The van der Waals surface area contributed by atoms with Gasteiger partial charge in [-0.05, 0) is 12.8 Å². The highest BCUT2D eigenvalue weighted by Crippen LogP contribution is 1.78. The van der Waals surface area contributed by atoms with Gasteiger partial charge in [0.2, 0.25) is 0 Å². The number of rotatable bonds is 4. The second kappa shape index (κ2) is 16.2. The Bertz CT molecular complexity index is 34.7. The molecule has 0 spiro atoms. The Morgan fingerprint density at radius 1 is 0.800 bits per heavy atom. The summed E-state index contributed by atoms with van der Waals surface area (Å²) in [5.74, 6) is 1.13. The molecule has 0 saturated carbocycles. The van der Waals surface area contributed by atoms with E-state index in [1.54, 1.807) is 0 Å². The quantitative estimate of drug-likeness (QED) is 0.652. The summed E-state index contributed by atoms with van der Waals surface area (Å²) in [6.45, 7) is 0.424. The lowest BCUT2D eigenvalue weighted by Crippen LogP contribution is -1.79. The van der Waals surface area contributed by atoms with Gasteiger partial charge >= 0.3 is 0 Å². The third kappa shape index (κ3) is 23.6. The Morgan fingerprint density at radius 2 is 1.10 bits per heavy atom. The fourth-order valence-corrected chi connectivity index (χ4v) is 0.359. The molecular weight excluding hydrogens is 175 g/mol. The zero-order valence-electron chi connectivity index (χ0n) is 5.89. The molecule has 4 heteroatoms. The topological polar surface area (TPSA) is 40.5 Å². The molecule has 0 unspecified atom stereocenters. The Hall–Kier alpha value is 0.500. The number of alkyl halides is 2. The van der Waals surface area contributed by atoms with Gasteiger partial charge in [0, 0.05) is 25.0 Å². The first-order chi connectivity index (χ1) is 4.83. The van der Waals surface area contributed by atoms with Gasteiger partial charge in [-0.3, -0.25) is 0 Å². The van der Waals surface area contributed by atoms with E-state index in [0.717, 1.165) is 0 Å². The molecule has 0 radical (unpaired) electrons. The highest BCUT2D eigenvalue weighted by molar-refractivity contribution is 6.18. The van der Waals surface area contributed by atoms with Crippen molar-refractivity contribution in [2.45, 2.75) is 12.8 Å². The maximum absolute atomic E-state index is 7.98. The van der Waals surface area contributed by atoms with Crippen LogP contribution in [0.3, 0.4) is 0 Å². The predicted molar refractivity (Wildman–Crippen MR) is 44.8 cm³/mol. The largest absolute Gasteiger partial charge is 0.396 e. The minimum atomic E-state index is 0.212. The van der Waals surface area contributed by atoms with Gasteiger partial charge in [0.1, 0.15) is 0 Å². The zero-order valence-corrected chi connectivity index (χ0v) is 7.40. The molecular formula is C6H14Cl2O2. The summed E-state index contributed by atoms with van der Waals surface area (Å²) in [6.07, 6.45) is 1.42. The monoisotopic (exact) mass is 188 g/mol. The van der Waals surface area contributed by atoms with E-state index >= 15 is 0 Å². The smallest absolute Gasteiger partial charge is 0.0442 e. The van der Waals surface area contributed by atoms with Crippen LogP contribution < -0.4 is 0 Å². The van der Waals surface area contributed by atoms with Crippen LogP contribution in [0.5, 0.6) is 0 Å². The number of aliphatic hydroxyl groups is 2. The van der Waals surface area contributed by atoms with E-state index in [-0.39, 0.29) is 13.2 Å². The van der Waals surface area contributed by atoms with Gasteiger partial charge in [-0.1, -0.05) is 0 Å². The van der Waals surface area contributed by atoms with Crippen LogP contribution in [0.25, 0.3) is 0 Å². The fourth-order valence-electron chi connectivity index (χ4n) is 0.120. The zero-order chi connectivity index (χ0) is 8.24. The summed E-state index contributed by atoms with van der Waals surface area (Å²) < 4.78 is 0. The normalized spacial score (nSPS) is 8.40. The maximum atomic E-state index is 7.98. The number of hydrogen-bond acceptors (Lipinski definition) is 2. The third-order valence-electron chi connectivity index (χ3n) is 0.583. The first-order valence-corrected chi connectivity index (χ1v) is 4.24. The Balaban J connectivity index is 0. The van der Waals surface area contributed by atoms with Crippen molar-refractivity contribution in [2.75, 3.05) is 25.0 Å². The molecule has 64 valence electrons. The Morgan fingerprint density at radius 3 is 1.10 bits per heavy atom. The summed E-state index contributed by atoms with van der Waals surface area (Å²) in [5, 5.41) is 16.0. The lowest BCUT2D eigenvalue weighted by molar-refractivity contribution is 0.295. The lowest BCUT2D eigenvalue weighted by atomic mass is 10.5. The fraction of sp³-hybridized carbons (Fsp3) is 1.00. The van der Waals surface area contributed by atoms with Crippen LogP contribution in [0.4, 0.5) is 0 Å². The average molecular weight is 189 g/mol. The van der Waals surface area contributed by atoms with Gasteiger partial charge in [0.05, 0.1) is 0 Å². The SMILES string of the molecule is OCCCCl.OCCCCl. The van der Waals surface area contributed by atoms with E-state index in [9.17, 15) is 0 Å². The van der Waals surface area contributed by atoms with Crippen molar-refractivity contribution in [3.63, 3.8) is 0 Å². The second-order valence-electron chi connectivity index (χ2n) is 1.53. The van der Waals surface area contributed by atoms with Crippen molar-refractivity contribution in [1.82, 2.24) is 0 Å². The van der Waals surface area contributed by atoms with Gasteiger partial charge in [-0.15, -0.1) is 23.2 Å². The van der Waals surface area contributed by atoms with E-state index in [2.05, 4.69) is 0 Å². The molecule has 0 aromatic carbocycles. The molecule has 0 rings (SSSR count). The van der Waals surface area contributed by atoms with Crippen molar-refractivity contribution in [3.05, 3.63) is 0 Å². The predicted octanol–water partition coefficient (Wildman–Crippen LogP) is 1.22. The standard InChI is InChI=1S/2C3H7ClO/c2*4-2-1-3-5/h2*5H,1-3H2. The summed E-state index contributed by atoms with van der Waals surface area (Å²) in [7, 11) is 0. The lowest BCUT2D eigenvalue weighted by Gasteiger charge is -1.77. The van der Waals surface area contributed by atoms with Gasteiger partial charge in [0.25, 0.3) is 0 Å². The molecule has 0 aliphatic rings. The summed E-state index contributed by atoms with van der Waals surface area (Å²) in [4.78, 5) is 0. The van der Waals surface area contributed by atoms with Crippen LogP contribution in [0.15, 0.2) is 0 Å². The van der Waals surface area contributed by atoms with Crippen LogP contribution >= 0.6 is 23.2 Å². The molecule has 2 nitrogen and oxygen atoms in total. The molecule has 0 saturated heterocycles. The van der Waals surface area contributed by atoms with Crippen LogP contribution in [-0.2, 0) is 0 Å². The highest BCUT2D eigenvalue weighted by atomic mass is 35.5. The van der Waals surface area contributed by atoms with Crippen molar-refractivity contribution in [1.29, 1.82) is 0 Å². The summed E-state index contributed by atoms with van der Waals surface area (Å²) in [6, 6.07) is 0. The molecule has 0 fully saturated rings. The first-order valence-electron chi connectivity index (χ1n) is 3.17. The summed E-state index contributed by atoms with van der Waals surface area (Å²) in [5.41, 5.74) is 0. The number of hydrogen-bond donors (Lipinski definition) is 2. The summed E-state index contributed by atoms with van der Waals surface area (Å²) >= 11 is 10.3. The van der Waals surface area contributed by atoms with E-state index in [1.165, 1.54) is 0 Å². The van der Waals surface area contributed by atoms with Crippen molar-refractivity contribution in [3.8, 4) is 0 Å². The Kier molecular flexibility index (Phi) is 21.3. The van der Waals surface area contributed by atoms with E-state index in [0.29, 0.717) is 24.6 Å². The molecule has 0 bridgehead atoms. The van der Waals surface area contributed by atoms with Gasteiger partial charge in [0.15, 0.2) is 0 Å². The molecule has 0 aromatic heterocycles. The van der Waals surface area contributed by atoms with Crippen LogP contribution in [0.1, 0.15) is 12.8 Å². The minimum absolute atomic E-state index is 0.212. The van der Waals surface area contributed by atoms with Crippen LogP contribution in [0.2, 0.25) is 0 Å². The van der Waals surface area contributed by atoms with Gasteiger partial charge in [-0.25, -0.2) is 0 Å². The molecule has 0 heterocycles. The van der Waals surface area contributed by atoms with Crippen LogP contribution in [-0.4, -0.2) is 35.2 Å². The van der Waals surface area contributed by atoms with Crippen molar-refractivity contribution in [2.24, 2.45) is 0 Å². The van der Waals surface area contributed by atoms with Gasteiger partial charge in [-0.2, -0.15) is 0 Å². The van der Waals surface area contributed by atoms with E-state index in [4.69, 9.17) is 33.4 Å². The van der Waals surface area contributed by atoms with Crippen molar-refractivity contribution >= 4 is 23.2 Å². The van der Waals surface area contributed by atoms with Gasteiger partial charge < -0.3 is 10.2 Å². The number of aliphatic hydroxyl groups excluding tert-OH is 2. The highest BCUT2D eigenvalue weighted by Gasteiger charge is 1.71. The third-order valence-corrected chi connectivity index (χ3v) is 1.12. The Labute approximate surface area is 71.8 Å². The minimum Gasteiger partial charge on any atom is -0.396 e. The van der Waals surface area contributed by atoms with Crippen LogP contribution in [0, 0.1) is 0 Å².